The van der Waals surface area contributed by atoms with Crippen LogP contribution in [0.4, 0.5) is 0 Å². The van der Waals surface area contributed by atoms with Crippen molar-refractivity contribution >= 4 is 43.6 Å². The summed E-state index contributed by atoms with van der Waals surface area (Å²) in [6.07, 6.45) is 0. The van der Waals surface area contributed by atoms with Crippen molar-refractivity contribution in [3.63, 3.8) is 0 Å². The summed E-state index contributed by atoms with van der Waals surface area (Å²) in [6.45, 7) is 0. The van der Waals surface area contributed by atoms with Crippen molar-refractivity contribution in [2.24, 2.45) is 0 Å². The van der Waals surface area contributed by atoms with Crippen LogP contribution in [0.3, 0.4) is 0 Å². The molecule has 0 saturated heterocycles. The molecule has 9 rings (SSSR count). The standard InChI is InChI=1S/C42H22N8/c43-23-26-21-29(24-44)38(30(22-26)25-45)50-34-17-9-7-15-31(34)32-19-20-36-37(39(32)50)33-16-8-10-18-35(33)49(36)42-47-40(27-11-3-1-4-12-27)46-41(48-42)28-13-5-2-6-14-28/h1-22H. The van der Waals surface area contributed by atoms with Crippen LogP contribution in [0, 0.1) is 34.0 Å². The molecule has 0 unspecified atom stereocenters. The largest absolute Gasteiger partial charge is 0.306 e. The predicted molar refractivity (Wildman–Crippen MR) is 194 cm³/mol. The van der Waals surface area contributed by atoms with Gasteiger partial charge in [-0.15, -0.1) is 0 Å². The minimum absolute atomic E-state index is 0.237. The molecule has 0 fully saturated rings. The first-order valence-electron chi connectivity index (χ1n) is 15.9. The highest BCUT2D eigenvalue weighted by Crippen LogP contribution is 2.43. The van der Waals surface area contributed by atoms with Gasteiger partial charge in [-0.3, -0.25) is 4.57 Å². The van der Waals surface area contributed by atoms with Gasteiger partial charge in [-0.05, 0) is 30.3 Å². The van der Waals surface area contributed by atoms with Crippen molar-refractivity contribution in [2.45, 2.75) is 0 Å². The zero-order chi connectivity index (χ0) is 33.8. The van der Waals surface area contributed by atoms with Gasteiger partial charge in [0.05, 0.1) is 50.5 Å². The lowest BCUT2D eigenvalue weighted by Gasteiger charge is -2.13. The molecule has 0 aliphatic carbocycles. The smallest absolute Gasteiger partial charge is 0.238 e. The van der Waals surface area contributed by atoms with E-state index in [-0.39, 0.29) is 16.7 Å². The quantitative estimate of drug-likeness (QED) is 0.190. The summed E-state index contributed by atoms with van der Waals surface area (Å²) in [5.74, 6) is 1.55. The SMILES string of the molecule is N#Cc1cc(C#N)c(-n2c3ccccc3c3ccc4c(c5ccccc5n4-c4nc(-c5ccccc5)nc(-c5ccccc5)n4)c32)c(C#N)c1. The Labute approximate surface area is 285 Å². The van der Waals surface area contributed by atoms with E-state index in [1.165, 1.54) is 0 Å². The molecule has 0 N–H and O–H groups in total. The molecule has 3 heterocycles. The maximum atomic E-state index is 10.4. The molecule has 50 heavy (non-hydrogen) atoms. The number of para-hydroxylation sites is 2. The van der Waals surface area contributed by atoms with Gasteiger partial charge in [-0.1, -0.05) is 103 Å². The monoisotopic (exact) mass is 638 g/mol. The van der Waals surface area contributed by atoms with Gasteiger partial charge in [0.25, 0.3) is 0 Å². The summed E-state index contributed by atoms with van der Waals surface area (Å²) in [4.78, 5) is 15.0. The molecule has 8 nitrogen and oxygen atoms in total. The molecule has 0 saturated carbocycles. The molecular formula is C42H22N8. The Balaban J connectivity index is 1.45. The number of hydrogen-bond acceptors (Lipinski definition) is 6. The molecule has 0 spiro atoms. The van der Waals surface area contributed by atoms with E-state index >= 15 is 0 Å². The molecule has 0 atom stereocenters. The van der Waals surface area contributed by atoms with Crippen LogP contribution in [0.15, 0.2) is 133 Å². The molecule has 3 aromatic heterocycles. The third-order valence-corrected chi connectivity index (χ3v) is 9.06. The first kappa shape index (κ1) is 28.6. The van der Waals surface area contributed by atoms with E-state index in [2.05, 4.69) is 41.0 Å². The number of nitriles is 3. The minimum Gasteiger partial charge on any atom is -0.306 e. The summed E-state index contributed by atoms with van der Waals surface area (Å²) in [5, 5.41) is 34.2. The van der Waals surface area contributed by atoms with Crippen molar-refractivity contribution in [1.82, 2.24) is 24.1 Å². The Hall–Kier alpha value is -7.60. The van der Waals surface area contributed by atoms with E-state index in [0.717, 1.165) is 54.7 Å². The second kappa shape index (κ2) is 11.3. The highest BCUT2D eigenvalue weighted by molar-refractivity contribution is 6.26. The van der Waals surface area contributed by atoms with E-state index in [9.17, 15) is 15.8 Å². The molecule has 0 radical (unpaired) electrons. The second-order valence-corrected chi connectivity index (χ2v) is 11.8. The molecule has 0 bridgehead atoms. The number of hydrogen-bond donors (Lipinski definition) is 0. The third kappa shape index (κ3) is 4.26. The van der Waals surface area contributed by atoms with E-state index in [1.807, 2.05) is 108 Å². The normalized spacial score (nSPS) is 11.1. The van der Waals surface area contributed by atoms with Gasteiger partial charge in [0.1, 0.15) is 12.1 Å². The second-order valence-electron chi connectivity index (χ2n) is 11.8. The molecule has 0 amide bonds. The van der Waals surface area contributed by atoms with Crippen molar-refractivity contribution in [2.75, 3.05) is 0 Å². The van der Waals surface area contributed by atoms with Crippen LogP contribution in [0.5, 0.6) is 0 Å². The Bertz CT molecular complexity index is 2860. The molecule has 0 aliphatic rings. The van der Waals surface area contributed by atoms with Gasteiger partial charge in [0.2, 0.25) is 5.95 Å². The summed E-state index contributed by atoms with van der Waals surface area (Å²) in [6, 6.07) is 49.7. The molecule has 0 aliphatic heterocycles. The highest BCUT2D eigenvalue weighted by Gasteiger charge is 2.25. The summed E-state index contributed by atoms with van der Waals surface area (Å²) in [5.41, 5.74) is 6.29. The minimum atomic E-state index is 0.237. The average molecular weight is 639 g/mol. The predicted octanol–water partition coefficient (Wildman–Crippen LogP) is 9.01. The number of nitrogens with zero attached hydrogens (tertiary/aromatic N) is 8. The van der Waals surface area contributed by atoms with Gasteiger partial charge in [0, 0.05) is 32.7 Å². The topological polar surface area (TPSA) is 120 Å². The number of aromatic nitrogens is 5. The Morgan fingerprint density at radius 1 is 0.460 bits per heavy atom. The summed E-state index contributed by atoms with van der Waals surface area (Å²) < 4.78 is 4.06. The van der Waals surface area contributed by atoms with Gasteiger partial charge >= 0.3 is 0 Å². The van der Waals surface area contributed by atoms with Gasteiger partial charge in [-0.25, -0.2) is 4.98 Å². The molecule has 9 aromatic rings. The lowest BCUT2D eigenvalue weighted by molar-refractivity contribution is 0.953. The average Bonchev–Trinajstić information content (AvgIpc) is 3.70. The molecular weight excluding hydrogens is 617 g/mol. The van der Waals surface area contributed by atoms with Crippen LogP contribution in [0.25, 0.3) is 78.0 Å². The van der Waals surface area contributed by atoms with Crippen LogP contribution < -0.4 is 0 Å². The number of fused-ring (bicyclic) bond motifs is 7. The highest BCUT2D eigenvalue weighted by atomic mass is 15.2. The van der Waals surface area contributed by atoms with Crippen molar-refractivity contribution in [3.8, 4) is 52.6 Å². The van der Waals surface area contributed by atoms with E-state index in [1.54, 1.807) is 12.1 Å². The van der Waals surface area contributed by atoms with E-state index in [0.29, 0.717) is 23.3 Å². The van der Waals surface area contributed by atoms with Gasteiger partial charge in [0.15, 0.2) is 11.6 Å². The fraction of sp³-hybridized carbons (Fsp3) is 0. The van der Waals surface area contributed by atoms with E-state index in [4.69, 9.17) is 15.0 Å². The van der Waals surface area contributed by atoms with Gasteiger partial charge in [-0.2, -0.15) is 25.8 Å². The van der Waals surface area contributed by atoms with Crippen LogP contribution >= 0.6 is 0 Å². The summed E-state index contributed by atoms with van der Waals surface area (Å²) >= 11 is 0. The van der Waals surface area contributed by atoms with Crippen LogP contribution in [-0.2, 0) is 0 Å². The third-order valence-electron chi connectivity index (χ3n) is 9.06. The first-order valence-corrected chi connectivity index (χ1v) is 15.9. The first-order chi connectivity index (χ1) is 24.7. The molecule has 230 valence electrons. The Morgan fingerprint density at radius 2 is 1.00 bits per heavy atom. The zero-order valence-corrected chi connectivity index (χ0v) is 26.3. The van der Waals surface area contributed by atoms with Crippen molar-refractivity contribution in [3.05, 3.63) is 150 Å². The van der Waals surface area contributed by atoms with Crippen molar-refractivity contribution in [1.29, 1.82) is 15.8 Å². The fourth-order valence-electron chi connectivity index (χ4n) is 6.96. The lowest BCUT2D eigenvalue weighted by atomic mass is 10.0. The zero-order valence-electron chi connectivity index (χ0n) is 26.3. The number of benzene rings is 6. The maximum absolute atomic E-state index is 10.4. The van der Waals surface area contributed by atoms with Crippen molar-refractivity contribution < 1.29 is 0 Å². The Morgan fingerprint density at radius 3 is 1.58 bits per heavy atom. The van der Waals surface area contributed by atoms with Gasteiger partial charge < -0.3 is 4.57 Å². The Kier molecular flexibility index (Phi) is 6.45. The maximum Gasteiger partial charge on any atom is 0.238 e. The fourth-order valence-corrected chi connectivity index (χ4v) is 6.96. The van der Waals surface area contributed by atoms with Crippen LogP contribution in [0.1, 0.15) is 16.7 Å². The van der Waals surface area contributed by atoms with Crippen LogP contribution in [-0.4, -0.2) is 24.1 Å². The number of rotatable bonds is 4. The van der Waals surface area contributed by atoms with E-state index < -0.39 is 0 Å². The summed E-state index contributed by atoms with van der Waals surface area (Å²) in [7, 11) is 0. The molecule has 8 heteroatoms. The lowest BCUT2D eigenvalue weighted by Crippen LogP contribution is -2.06. The van der Waals surface area contributed by atoms with Crippen LogP contribution in [0.2, 0.25) is 0 Å². The molecule has 6 aromatic carbocycles.